The van der Waals surface area contributed by atoms with Crippen LogP contribution >= 0.6 is 0 Å². The second-order valence-electron chi connectivity index (χ2n) is 3.63. The maximum atomic E-state index is 9.29. The molecule has 0 aliphatic carbocycles. The van der Waals surface area contributed by atoms with Gasteiger partial charge in [-0.2, -0.15) is 10.1 Å². The van der Waals surface area contributed by atoms with Crippen LogP contribution in [0.15, 0.2) is 16.9 Å². The van der Waals surface area contributed by atoms with Gasteiger partial charge in [0.2, 0.25) is 11.7 Å². The van der Waals surface area contributed by atoms with E-state index in [2.05, 4.69) is 15.2 Å². The number of nitrogens with zero attached hydrogens (tertiary/aromatic N) is 4. The summed E-state index contributed by atoms with van der Waals surface area (Å²) in [7, 11) is 1.80. The lowest BCUT2D eigenvalue weighted by molar-refractivity contribution is 0.146. The van der Waals surface area contributed by atoms with Gasteiger partial charge in [-0.15, -0.1) is 0 Å². The Balaban J connectivity index is 2.26. The molecule has 0 saturated carbocycles. The van der Waals surface area contributed by atoms with Crippen LogP contribution in [0.1, 0.15) is 18.9 Å². The molecule has 0 bridgehead atoms. The Kier molecular flexibility index (Phi) is 2.71. The standard InChI is InChI=1S/C9H13N5O2/c1-5(15)7(10)9-12-8(13-16-9)6-3-11-14(2)4-6/h3-5,7,15H,10H2,1-2H3. The number of hydrogen-bond acceptors (Lipinski definition) is 6. The summed E-state index contributed by atoms with van der Waals surface area (Å²) in [5, 5.41) is 17.1. The van der Waals surface area contributed by atoms with E-state index in [-0.39, 0.29) is 5.89 Å². The van der Waals surface area contributed by atoms with Crippen LogP contribution in [0.5, 0.6) is 0 Å². The summed E-state index contributed by atoms with van der Waals surface area (Å²) < 4.78 is 6.61. The minimum absolute atomic E-state index is 0.217. The molecular formula is C9H13N5O2. The smallest absolute Gasteiger partial charge is 0.246 e. The number of hydrogen-bond donors (Lipinski definition) is 2. The third-order valence-corrected chi connectivity index (χ3v) is 2.21. The highest BCUT2D eigenvalue weighted by Gasteiger charge is 2.20. The molecule has 3 N–H and O–H groups in total. The lowest BCUT2D eigenvalue weighted by Gasteiger charge is -2.08. The first-order valence-corrected chi connectivity index (χ1v) is 4.84. The number of aliphatic hydroxyl groups is 1. The molecule has 86 valence electrons. The topological polar surface area (TPSA) is 103 Å². The van der Waals surface area contributed by atoms with Gasteiger partial charge in [0.15, 0.2) is 0 Å². The molecule has 7 nitrogen and oxygen atoms in total. The van der Waals surface area contributed by atoms with Gasteiger partial charge in [-0.25, -0.2) is 0 Å². The normalized spacial score (nSPS) is 15.0. The molecule has 0 saturated heterocycles. The third-order valence-electron chi connectivity index (χ3n) is 2.21. The van der Waals surface area contributed by atoms with E-state index in [0.29, 0.717) is 5.82 Å². The molecule has 0 aliphatic rings. The first kappa shape index (κ1) is 10.8. The average Bonchev–Trinajstić information content (AvgIpc) is 2.84. The summed E-state index contributed by atoms with van der Waals surface area (Å²) in [6.07, 6.45) is 2.66. The lowest BCUT2D eigenvalue weighted by Crippen LogP contribution is -2.23. The monoisotopic (exact) mass is 223 g/mol. The molecule has 0 spiro atoms. The van der Waals surface area contributed by atoms with E-state index in [1.54, 1.807) is 31.0 Å². The maximum absolute atomic E-state index is 9.29. The zero-order chi connectivity index (χ0) is 11.7. The molecule has 0 aliphatic heterocycles. The molecule has 2 aromatic heterocycles. The fourth-order valence-corrected chi connectivity index (χ4v) is 1.23. The van der Waals surface area contributed by atoms with Gasteiger partial charge in [0.25, 0.3) is 0 Å². The molecule has 2 heterocycles. The highest BCUT2D eigenvalue weighted by molar-refractivity contribution is 5.51. The molecule has 2 atom stereocenters. The van der Waals surface area contributed by atoms with Crippen molar-refractivity contribution in [2.75, 3.05) is 0 Å². The van der Waals surface area contributed by atoms with Crippen LogP contribution in [0.3, 0.4) is 0 Å². The van der Waals surface area contributed by atoms with Gasteiger partial charge in [-0.1, -0.05) is 5.16 Å². The molecule has 16 heavy (non-hydrogen) atoms. The summed E-state index contributed by atoms with van der Waals surface area (Å²) in [5.74, 6) is 0.632. The van der Waals surface area contributed by atoms with Crippen molar-refractivity contribution in [3.05, 3.63) is 18.3 Å². The minimum atomic E-state index is -0.734. The Bertz CT molecular complexity index is 476. The number of nitrogens with two attached hydrogens (primary N) is 1. The van der Waals surface area contributed by atoms with Gasteiger partial charge in [-0.3, -0.25) is 4.68 Å². The van der Waals surface area contributed by atoms with E-state index in [0.717, 1.165) is 5.56 Å². The fraction of sp³-hybridized carbons (Fsp3) is 0.444. The van der Waals surface area contributed by atoms with Gasteiger partial charge >= 0.3 is 0 Å². The van der Waals surface area contributed by atoms with Crippen LogP contribution in [0.2, 0.25) is 0 Å². The maximum Gasteiger partial charge on any atom is 0.246 e. The summed E-state index contributed by atoms with van der Waals surface area (Å²) in [5.41, 5.74) is 6.41. The Morgan fingerprint density at radius 1 is 1.56 bits per heavy atom. The van der Waals surface area contributed by atoms with Gasteiger partial charge in [0.1, 0.15) is 6.04 Å². The first-order valence-electron chi connectivity index (χ1n) is 4.84. The summed E-state index contributed by atoms with van der Waals surface area (Å²) in [4.78, 5) is 4.10. The Labute approximate surface area is 91.9 Å². The number of rotatable bonds is 3. The summed E-state index contributed by atoms with van der Waals surface area (Å²) >= 11 is 0. The van der Waals surface area contributed by atoms with Crippen LogP contribution in [0.4, 0.5) is 0 Å². The van der Waals surface area contributed by atoms with E-state index in [1.807, 2.05) is 0 Å². The van der Waals surface area contributed by atoms with Gasteiger partial charge in [-0.05, 0) is 6.92 Å². The van der Waals surface area contributed by atoms with Crippen molar-refractivity contribution < 1.29 is 9.63 Å². The highest BCUT2D eigenvalue weighted by atomic mass is 16.5. The van der Waals surface area contributed by atoms with Crippen molar-refractivity contribution in [2.24, 2.45) is 12.8 Å². The predicted molar refractivity (Wildman–Crippen MR) is 55.1 cm³/mol. The van der Waals surface area contributed by atoms with Crippen LogP contribution in [0, 0.1) is 0 Å². The third kappa shape index (κ3) is 1.95. The fourth-order valence-electron chi connectivity index (χ4n) is 1.23. The van der Waals surface area contributed by atoms with Crippen molar-refractivity contribution in [1.29, 1.82) is 0 Å². The minimum Gasteiger partial charge on any atom is -0.391 e. The van der Waals surface area contributed by atoms with Crippen molar-refractivity contribution in [3.8, 4) is 11.4 Å². The molecule has 2 rings (SSSR count). The Morgan fingerprint density at radius 3 is 2.88 bits per heavy atom. The van der Waals surface area contributed by atoms with Gasteiger partial charge < -0.3 is 15.4 Å². The van der Waals surface area contributed by atoms with Crippen molar-refractivity contribution >= 4 is 0 Å². The molecule has 0 amide bonds. The SMILES string of the molecule is CC(O)C(N)c1nc(-c2cnn(C)c2)no1. The largest absolute Gasteiger partial charge is 0.391 e. The zero-order valence-electron chi connectivity index (χ0n) is 9.03. The van der Waals surface area contributed by atoms with Crippen molar-refractivity contribution in [1.82, 2.24) is 19.9 Å². The zero-order valence-corrected chi connectivity index (χ0v) is 9.03. The number of aliphatic hydroxyl groups excluding tert-OH is 1. The Morgan fingerprint density at radius 2 is 2.31 bits per heavy atom. The van der Waals surface area contributed by atoms with E-state index < -0.39 is 12.1 Å². The van der Waals surface area contributed by atoms with Crippen molar-refractivity contribution in [2.45, 2.75) is 19.1 Å². The first-order chi connectivity index (χ1) is 7.58. The summed E-state index contributed by atoms with van der Waals surface area (Å²) in [6, 6.07) is -0.669. The van der Waals surface area contributed by atoms with E-state index >= 15 is 0 Å². The van der Waals surface area contributed by atoms with Crippen molar-refractivity contribution in [3.63, 3.8) is 0 Å². The van der Waals surface area contributed by atoms with E-state index in [1.165, 1.54) is 0 Å². The second-order valence-corrected chi connectivity index (χ2v) is 3.63. The van der Waals surface area contributed by atoms with E-state index in [4.69, 9.17) is 10.3 Å². The molecule has 2 aromatic rings. The molecule has 7 heteroatoms. The molecule has 0 radical (unpaired) electrons. The number of aryl methyl sites for hydroxylation is 1. The number of aromatic nitrogens is 4. The second kappa shape index (κ2) is 4.03. The van der Waals surface area contributed by atoms with Crippen LogP contribution in [0.25, 0.3) is 11.4 Å². The van der Waals surface area contributed by atoms with Gasteiger partial charge in [0.05, 0.1) is 17.9 Å². The van der Waals surface area contributed by atoms with Crippen LogP contribution < -0.4 is 5.73 Å². The molecular weight excluding hydrogens is 210 g/mol. The average molecular weight is 223 g/mol. The van der Waals surface area contributed by atoms with Crippen LogP contribution in [-0.2, 0) is 7.05 Å². The quantitative estimate of drug-likeness (QED) is 0.750. The molecule has 0 aromatic carbocycles. The Hall–Kier alpha value is -1.73. The molecule has 0 fully saturated rings. The van der Waals surface area contributed by atoms with E-state index in [9.17, 15) is 5.11 Å². The molecule has 2 unspecified atom stereocenters. The predicted octanol–water partition coefficient (Wildman–Crippen LogP) is -0.149. The van der Waals surface area contributed by atoms with Gasteiger partial charge in [0, 0.05) is 13.2 Å². The van der Waals surface area contributed by atoms with Crippen LogP contribution in [-0.4, -0.2) is 31.1 Å². The summed E-state index contributed by atoms with van der Waals surface area (Å²) in [6.45, 7) is 1.57. The highest BCUT2D eigenvalue weighted by Crippen LogP contribution is 2.18. The lowest BCUT2D eigenvalue weighted by atomic mass is 10.2.